The molecule has 0 atom stereocenters. The smallest absolute Gasteiger partial charge is 1.00 e. The number of ether oxygens (including phenoxy) is 1. The van der Waals surface area contributed by atoms with Crippen LogP contribution in [0.15, 0.2) is 12.2 Å². The van der Waals surface area contributed by atoms with Crippen LogP contribution in [-0.2, 0) is 14.3 Å². The van der Waals surface area contributed by atoms with E-state index in [0.29, 0.717) is 0 Å². The number of carbonyl (C=O) groups is 2. The number of hydrogen-bond donors (Lipinski definition) is 0. The summed E-state index contributed by atoms with van der Waals surface area (Å²) in [5.74, 6) is -1.16. The third kappa shape index (κ3) is 1.94. The van der Waals surface area contributed by atoms with Crippen LogP contribution < -0.4 is 0 Å². The molecule has 40 valence electrons. The molecule has 0 aliphatic carbocycles. The number of hydrogen-bond acceptors (Lipinski definition) is 3. The largest absolute Gasteiger partial charge is 2.00 e. The van der Waals surface area contributed by atoms with Gasteiger partial charge in [-0.05, 0) is 0 Å². The Balaban J connectivity index is -0.000000163. The SMILES string of the molecule is O=C1C=CC(=O)O1.[Ca+2].[H-].[H-]. The van der Waals surface area contributed by atoms with Crippen molar-refractivity contribution in [2.75, 3.05) is 0 Å². The van der Waals surface area contributed by atoms with Crippen molar-refractivity contribution >= 4 is 49.7 Å². The second-order valence-electron chi connectivity index (χ2n) is 1.07. The molecule has 3 nitrogen and oxygen atoms in total. The molecular formula is C4H4CaO3. The van der Waals surface area contributed by atoms with Gasteiger partial charge in [-0.25, -0.2) is 9.59 Å². The van der Waals surface area contributed by atoms with Crippen molar-refractivity contribution in [1.29, 1.82) is 0 Å². The van der Waals surface area contributed by atoms with Gasteiger partial charge in [-0.15, -0.1) is 0 Å². The molecule has 4 heteroatoms. The Kier molecular flexibility index (Phi) is 3.28. The Morgan fingerprint density at radius 1 is 1.25 bits per heavy atom. The van der Waals surface area contributed by atoms with E-state index in [9.17, 15) is 9.59 Å². The molecule has 0 fully saturated rings. The third-order valence-corrected chi connectivity index (χ3v) is 0.557. The summed E-state index contributed by atoms with van der Waals surface area (Å²) in [6, 6.07) is 0. The van der Waals surface area contributed by atoms with Crippen molar-refractivity contribution in [3.05, 3.63) is 12.2 Å². The molecule has 0 aromatic carbocycles. The van der Waals surface area contributed by atoms with E-state index >= 15 is 0 Å². The average Bonchev–Trinajstić information content (AvgIpc) is 1.87. The maximum absolute atomic E-state index is 9.92. The van der Waals surface area contributed by atoms with E-state index < -0.39 is 11.9 Å². The molecule has 0 unspecified atom stereocenters. The Labute approximate surface area is 78.7 Å². The third-order valence-electron chi connectivity index (χ3n) is 0.557. The summed E-state index contributed by atoms with van der Waals surface area (Å²) in [5, 5.41) is 0. The summed E-state index contributed by atoms with van der Waals surface area (Å²) in [6.07, 6.45) is 2.17. The predicted octanol–water partition coefficient (Wildman–Crippen LogP) is -0.530. The van der Waals surface area contributed by atoms with E-state index in [2.05, 4.69) is 4.74 Å². The van der Waals surface area contributed by atoms with Crippen molar-refractivity contribution in [1.82, 2.24) is 0 Å². The first kappa shape index (κ1) is 8.14. The minimum Gasteiger partial charge on any atom is -1.00 e. The summed E-state index contributed by atoms with van der Waals surface area (Å²) in [7, 11) is 0. The molecule has 0 N–H and O–H groups in total. The van der Waals surface area contributed by atoms with Gasteiger partial charge in [0.1, 0.15) is 0 Å². The maximum Gasteiger partial charge on any atom is 2.00 e. The molecule has 1 aliphatic heterocycles. The fraction of sp³-hybridized carbons (Fsp3) is 0. The van der Waals surface area contributed by atoms with E-state index in [-0.39, 0.29) is 40.6 Å². The van der Waals surface area contributed by atoms with E-state index in [4.69, 9.17) is 0 Å². The predicted molar refractivity (Wildman–Crippen MR) is 28.2 cm³/mol. The van der Waals surface area contributed by atoms with E-state index in [1.807, 2.05) is 0 Å². The fourth-order valence-corrected chi connectivity index (χ4v) is 0.303. The molecule has 0 radical (unpaired) electrons. The van der Waals surface area contributed by atoms with Gasteiger partial charge in [-0.1, -0.05) is 0 Å². The number of cyclic esters (lactones) is 2. The first-order valence-electron chi connectivity index (χ1n) is 1.73. The molecule has 0 spiro atoms. The second kappa shape index (κ2) is 3.22. The zero-order chi connectivity index (χ0) is 5.28. The van der Waals surface area contributed by atoms with Gasteiger partial charge in [-0.2, -0.15) is 0 Å². The summed E-state index contributed by atoms with van der Waals surface area (Å²) in [6.45, 7) is 0. The molecule has 0 aromatic heterocycles. The van der Waals surface area contributed by atoms with Gasteiger partial charge in [0.25, 0.3) is 0 Å². The Hall–Kier alpha value is 0.140. The Bertz CT molecular complexity index is 141. The zero-order valence-corrected chi connectivity index (χ0v) is 6.29. The van der Waals surface area contributed by atoms with Crippen LogP contribution >= 0.6 is 0 Å². The Morgan fingerprint density at radius 3 is 1.75 bits per heavy atom. The van der Waals surface area contributed by atoms with Crippen molar-refractivity contribution < 1.29 is 17.2 Å². The van der Waals surface area contributed by atoms with Crippen LogP contribution in [0.2, 0.25) is 0 Å². The van der Waals surface area contributed by atoms with Gasteiger partial charge in [0.15, 0.2) is 0 Å². The number of rotatable bonds is 0. The van der Waals surface area contributed by atoms with Gasteiger partial charge in [-0.3, -0.25) is 0 Å². The summed E-state index contributed by atoms with van der Waals surface area (Å²) < 4.78 is 3.97. The van der Waals surface area contributed by atoms with Crippen LogP contribution in [0.25, 0.3) is 0 Å². The topological polar surface area (TPSA) is 43.4 Å². The van der Waals surface area contributed by atoms with Crippen molar-refractivity contribution in [2.24, 2.45) is 0 Å². The normalized spacial score (nSPS) is 15.5. The molecule has 0 bridgehead atoms. The standard InChI is InChI=1S/C4H2O3.Ca.2H/c5-3-1-2-4(6)7-3;;;/h1-2H;;;/q;+2;2*-1. The van der Waals surface area contributed by atoms with E-state index in [1.54, 1.807) is 0 Å². The minimum atomic E-state index is -0.579. The number of esters is 2. The molecule has 8 heavy (non-hydrogen) atoms. The van der Waals surface area contributed by atoms with Crippen LogP contribution in [0.4, 0.5) is 0 Å². The monoisotopic (exact) mass is 140 g/mol. The molecule has 0 aromatic rings. The van der Waals surface area contributed by atoms with Gasteiger partial charge in [0.2, 0.25) is 0 Å². The maximum atomic E-state index is 9.92. The minimum absolute atomic E-state index is 0. The molecule has 1 aliphatic rings. The molecule has 1 rings (SSSR count). The van der Waals surface area contributed by atoms with Crippen molar-refractivity contribution in [3.63, 3.8) is 0 Å². The first-order valence-corrected chi connectivity index (χ1v) is 1.73. The summed E-state index contributed by atoms with van der Waals surface area (Å²) in [4.78, 5) is 19.8. The fourth-order valence-electron chi connectivity index (χ4n) is 0.303. The van der Waals surface area contributed by atoms with Gasteiger partial charge >= 0.3 is 49.7 Å². The van der Waals surface area contributed by atoms with Crippen LogP contribution in [0.1, 0.15) is 2.85 Å². The summed E-state index contributed by atoms with van der Waals surface area (Å²) in [5.41, 5.74) is 0. The Morgan fingerprint density at radius 2 is 1.62 bits per heavy atom. The van der Waals surface area contributed by atoms with Gasteiger partial charge in [0, 0.05) is 12.2 Å². The number of carbonyl (C=O) groups excluding carboxylic acids is 2. The molecule has 0 saturated heterocycles. The van der Waals surface area contributed by atoms with E-state index in [1.165, 1.54) is 0 Å². The van der Waals surface area contributed by atoms with Gasteiger partial charge in [0.05, 0.1) is 0 Å². The van der Waals surface area contributed by atoms with Crippen molar-refractivity contribution in [3.8, 4) is 0 Å². The molecular weight excluding hydrogens is 136 g/mol. The average molecular weight is 140 g/mol. The molecule has 0 saturated carbocycles. The molecule has 1 heterocycles. The van der Waals surface area contributed by atoms with Crippen LogP contribution in [-0.4, -0.2) is 49.7 Å². The first-order chi connectivity index (χ1) is 3.29. The molecule has 0 amide bonds. The van der Waals surface area contributed by atoms with Crippen LogP contribution in [0, 0.1) is 0 Å². The second-order valence-corrected chi connectivity index (χ2v) is 1.07. The summed E-state index contributed by atoms with van der Waals surface area (Å²) >= 11 is 0. The van der Waals surface area contributed by atoms with E-state index in [0.717, 1.165) is 12.2 Å². The van der Waals surface area contributed by atoms with Crippen molar-refractivity contribution in [2.45, 2.75) is 0 Å². The van der Waals surface area contributed by atoms with Crippen LogP contribution in [0.3, 0.4) is 0 Å². The van der Waals surface area contributed by atoms with Crippen LogP contribution in [0.5, 0.6) is 0 Å². The quantitative estimate of drug-likeness (QED) is 0.258. The zero-order valence-electron chi connectivity index (χ0n) is 6.09. The van der Waals surface area contributed by atoms with Gasteiger partial charge < -0.3 is 7.59 Å².